The zero-order valence-electron chi connectivity index (χ0n) is 26.6. The summed E-state index contributed by atoms with van der Waals surface area (Å²) in [6.45, 7) is 2.22. The highest BCUT2D eigenvalue weighted by Gasteiger charge is 2.57. The number of para-hydroxylation sites is 2. The quantitative estimate of drug-likeness (QED) is 0.224. The predicted octanol–water partition coefficient (Wildman–Crippen LogP) is 5.48. The van der Waals surface area contributed by atoms with Gasteiger partial charge in [0, 0.05) is 13.1 Å². The van der Waals surface area contributed by atoms with Crippen molar-refractivity contribution in [3.8, 4) is 0 Å². The zero-order valence-corrected chi connectivity index (χ0v) is 26.6. The van der Waals surface area contributed by atoms with Crippen molar-refractivity contribution in [3.63, 3.8) is 0 Å². The number of benzene rings is 4. The van der Waals surface area contributed by atoms with Crippen LogP contribution in [0.3, 0.4) is 0 Å². The lowest BCUT2D eigenvalue weighted by Gasteiger charge is -2.45. The highest BCUT2D eigenvalue weighted by atomic mass is 16.2. The molecule has 6 rings (SSSR count). The van der Waals surface area contributed by atoms with Crippen LogP contribution in [0.4, 0.5) is 21.0 Å². The van der Waals surface area contributed by atoms with Gasteiger partial charge in [-0.25, -0.2) is 19.4 Å². The molecule has 10 heteroatoms. The van der Waals surface area contributed by atoms with E-state index in [4.69, 9.17) is 0 Å². The van der Waals surface area contributed by atoms with Gasteiger partial charge in [0.15, 0.2) is 0 Å². The van der Waals surface area contributed by atoms with E-state index in [1.807, 2.05) is 12.1 Å². The molecule has 0 radical (unpaired) electrons. The van der Waals surface area contributed by atoms with Crippen LogP contribution in [0.1, 0.15) is 25.0 Å². The van der Waals surface area contributed by atoms with Crippen LogP contribution in [0, 0.1) is 10.8 Å². The van der Waals surface area contributed by atoms with Crippen LogP contribution in [0.25, 0.3) is 0 Å². The SMILES string of the molecule is CC1(Cc2ccccc2)C(=O)N(CCN2C(=O)N(c3ccccc3)C(=O)C(C)(Cc3ccccc3)C2=O)C(=O)N(c2ccccc2)C1=O. The van der Waals surface area contributed by atoms with E-state index in [-0.39, 0.29) is 24.2 Å². The molecule has 0 aromatic heterocycles. The molecule has 0 bridgehead atoms. The number of hydrogen-bond donors (Lipinski definition) is 0. The molecule has 0 N–H and O–H groups in total. The molecule has 242 valence electrons. The van der Waals surface area contributed by atoms with Crippen LogP contribution in [-0.2, 0) is 32.0 Å². The molecule has 2 aliphatic rings. The van der Waals surface area contributed by atoms with Crippen LogP contribution in [0.15, 0.2) is 121 Å². The van der Waals surface area contributed by atoms with E-state index < -0.39 is 59.6 Å². The summed E-state index contributed by atoms with van der Waals surface area (Å²) in [4.78, 5) is 88.2. The van der Waals surface area contributed by atoms with Crippen molar-refractivity contribution < 1.29 is 28.8 Å². The Morgan fingerprint density at radius 1 is 0.417 bits per heavy atom. The van der Waals surface area contributed by atoms with E-state index in [0.29, 0.717) is 0 Å². The molecule has 2 atom stereocenters. The maximum Gasteiger partial charge on any atom is 0.338 e. The third-order valence-corrected chi connectivity index (χ3v) is 9.01. The zero-order chi connectivity index (χ0) is 34.1. The van der Waals surface area contributed by atoms with E-state index in [1.54, 1.807) is 109 Å². The molecule has 2 unspecified atom stereocenters. The average Bonchev–Trinajstić information content (AvgIpc) is 3.10. The summed E-state index contributed by atoms with van der Waals surface area (Å²) in [7, 11) is 0. The number of imide groups is 4. The van der Waals surface area contributed by atoms with Crippen LogP contribution in [-0.4, -0.2) is 58.6 Å². The number of carbonyl (C=O) groups excluding carboxylic acids is 6. The van der Waals surface area contributed by atoms with E-state index >= 15 is 0 Å². The molecule has 2 heterocycles. The molecular weight excluding hydrogens is 608 g/mol. The number of nitrogens with zero attached hydrogens (tertiary/aromatic N) is 4. The maximum absolute atomic E-state index is 14.2. The van der Waals surface area contributed by atoms with Gasteiger partial charge in [-0.15, -0.1) is 0 Å². The molecule has 4 aromatic rings. The first-order valence-electron chi connectivity index (χ1n) is 15.7. The summed E-state index contributed by atoms with van der Waals surface area (Å²) < 4.78 is 0. The fourth-order valence-corrected chi connectivity index (χ4v) is 6.38. The van der Waals surface area contributed by atoms with Crippen molar-refractivity contribution in [2.24, 2.45) is 10.8 Å². The van der Waals surface area contributed by atoms with Gasteiger partial charge in [0.2, 0.25) is 11.8 Å². The Hall–Kier alpha value is -5.90. The van der Waals surface area contributed by atoms with Gasteiger partial charge in [-0.05, 0) is 62.1 Å². The van der Waals surface area contributed by atoms with Gasteiger partial charge in [0.05, 0.1) is 11.4 Å². The number of carbonyl (C=O) groups is 6. The lowest BCUT2D eigenvalue weighted by molar-refractivity contribution is -0.152. The number of urea groups is 2. The van der Waals surface area contributed by atoms with E-state index in [1.165, 1.54) is 13.8 Å². The molecule has 0 spiro atoms. The van der Waals surface area contributed by atoms with E-state index in [9.17, 15) is 28.8 Å². The number of hydrogen-bond acceptors (Lipinski definition) is 6. The van der Waals surface area contributed by atoms with E-state index in [2.05, 4.69) is 0 Å². The van der Waals surface area contributed by atoms with Crippen molar-refractivity contribution in [2.75, 3.05) is 22.9 Å². The monoisotopic (exact) mass is 642 g/mol. The molecule has 2 aliphatic heterocycles. The Morgan fingerprint density at radius 2 is 0.708 bits per heavy atom. The minimum absolute atomic E-state index is 0.0195. The van der Waals surface area contributed by atoms with Gasteiger partial charge in [0.1, 0.15) is 10.8 Å². The van der Waals surface area contributed by atoms with E-state index in [0.717, 1.165) is 30.7 Å². The highest BCUT2D eigenvalue weighted by molar-refractivity contribution is 6.31. The lowest BCUT2D eigenvalue weighted by atomic mass is 9.78. The Labute approximate surface area is 278 Å². The van der Waals surface area contributed by atoms with Crippen LogP contribution < -0.4 is 9.80 Å². The molecule has 2 fully saturated rings. The van der Waals surface area contributed by atoms with Gasteiger partial charge < -0.3 is 0 Å². The normalized spacial score (nSPS) is 21.7. The molecular formula is C38H34N4O6. The Morgan fingerprint density at radius 3 is 1.02 bits per heavy atom. The Balaban J connectivity index is 1.36. The standard InChI is InChI=1S/C38H34N4O6/c1-37(25-27-15-7-3-8-16-27)31(43)39(35(47)41(33(37)45)29-19-11-5-12-20-29)23-24-40-32(44)38(2,26-28-17-9-4-10-18-28)34(46)42(36(40)48)30-21-13-6-14-22-30/h3-22H,23-26H2,1-2H3. The third-order valence-electron chi connectivity index (χ3n) is 9.01. The van der Waals surface area contributed by atoms with Gasteiger partial charge in [-0.2, -0.15) is 0 Å². The minimum Gasteiger partial charge on any atom is -0.273 e. The Bertz CT molecular complexity index is 1750. The first kappa shape index (κ1) is 32.1. The van der Waals surface area contributed by atoms with Crippen molar-refractivity contribution >= 4 is 47.1 Å². The predicted molar refractivity (Wildman–Crippen MR) is 179 cm³/mol. The fraction of sp³-hybridized carbons (Fsp3) is 0.211. The summed E-state index contributed by atoms with van der Waals surface area (Å²) >= 11 is 0. The topological polar surface area (TPSA) is 115 Å². The first-order chi connectivity index (χ1) is 23.1. The van der Waals surface area contributed by atoms with Crippen molar-refractivity contribution in [1.82, 2.24) is 9.80 Å². The molecule has 2 saturated heterocycles. The second-order valence-electron chi connectivity index (χ2n) is 12.4. The molecule has 0 saturated carbocycles. The molecule has 0 aliphatic carbocycles. The fourth-order valence-electron chi connectivity index (χ4n) is 6.38. The average molecular weight is 643 g/mol. The number of rotatable bonds is 9. The molecule has 48 heavy (non-hydrogen) atoms. The van der Waals surface area contributed by atoms with Gasteiger partial charge in [-0.3, -0.25) is 29.0 Å². The van der Waals surface area contributed by atoms with Crippen molar-refractivity contribution in [1.29, 1.82) is 0 Å². The smallest absolute Gasteiger partial charge is 0.273 e. The van der Waals surface area contributed by atoms with Crippen LogP contribution in [0.5, 0.6) is 0 Å². The largest absolute Gasteiger partial charge is 0.338 e. The second kappa shape index (κ2) is 12.7. The van der Waals surface area contributed by atoms with Crippen molar-refractivity contribution in [2.45, 2.75) is 26.7 Å². The Kier molecular flexibility index (Phi) is 8.49. The summed E-state index contributed by atoms with van der Waals surface area (Å²) in [6.07, 6.45) is 0.0389. The lowest BCUT2D eigenvalue weighted by Crippen LogP contribution is -2.68. The number of anilines is 2. The summed E-state index contributed by atoms with van der Waals surface area (Å²) in [5.74, 6) is -2.84. The van der Waals surface area contributed by atoms with Gasteiger partial charge in [-0.1, -0.05) is 97.1 Å². The van der Waals surface area contributed by atoms with Crippen molar-refractivity contribution in [3.05, 3.63) is 132 Å². The number of barbiturate groups is 2. The highest BCUT2D eigenvalue weighted by Crippen LogP contribution is 2.38. The summed E-state index contributed by atoms with van der Waals surface area (Å²) in [5.41, 5.74) is -1.33. The van der Waals surface area contributed by atoms with Gasteiger partial charge in [0.25, 0.3) is 11.8 Å². The van der Waals surface area contributed by atoms with Crippen LogP contribution >= 0.6 is 0 Å². The van der Waals surface area contributed by atoms with Crippen LogP contribution in [0.2, 0.25) is 0 Å². The second-order valence-corrected chi connectivity index (χ2v) is 12.4. The van der Waals surface area contributed by atoms with Gasteiger partial charge >= 0.3 is 12.1 Å². The maximum atomic E-state index is 14.2. The minimum atomic E-state index is -1.67. The third kappa shape index (κ3) is 5.55. The molecule has 8 amide bonds. The summed E-state index contributed by atoms with van der Waals surface area (Å²) in [5, 5.41) is 0. The molecule has 4 aromatic carbocycles. The number of amides is 8. The summed E-state index contributed by atoms with van der Waals surface area (Å²) in [6, 6.07) is 32.9. The first-order valence-corrected chi connectivity index (χ1v) is 15.7. The molecule has 10 nitrogen and oxygen atoms in total.